The first-order valence-electron chi connectivity index (χ1n) is 25.2. The number of rotatable bonds is 14. The number of hydrogen-bond donors (Lipinski definition) is 3. The molecule has 8 aromatic rings. The molecule has 0 fully saturated rings. The summed E-state index contributed by atoms with van der Waals surface area (Å²) in [5, 5.41) is 29.3. The van der Waals surface area contributed by atoms with Crippen molar-refractivity contribution in [2.75, 3.05) is 0 Å². The van der Waals surface area contributed by atoms with E-state index in [1.807, 2.05) is 91.9 Å². The molecule has 1 unspecified atom stereocenters. The first-order valence-corrected chi connectivity index (χ1v) is 25.2. The van der Waals surface area contributed by atoms with Crippen LogP contribution in [-0.2, 0) is 24.0 Å². The van der Waals surface area contributed by atoms with Gasteiger partial charge < -0.3 is 24.8 Å². The highest BCUT2D eigenvalue weighted by Crippen LogP contribution is 2.43. The number of ether oxygens (including phenoxy) is 2. The zero-order valence-corrected chi connectivity index (χ0v) is 44.3. The van der Waals surface area contributed by atoms with Crippen LogP contribution < -0.4 is 9.47 Å². The zero-order valence-electron chi connectivity index (χ0n) is 44.3. The number of benzene rings is 8. The lowest BCUT2D eigenvalue weighted by Crippen LogP contribution is -2.16. The summed E-state index contributed by atoms with van der Waals surface area (Å²) in [7, 11) is 0. The molecule has 8 rings (SSSR count). The molecule has 0 saturated carbocycles. The molecule has 0 bridgehead atoms. The lowest BCUT2D eigenvalue weighted by molar-refractivity contribution is 0.0686. The van der Waals surface area contributed by atoms with Crippen LogP contribution >= 0.6 is 0 Å². The van der Waals surface area contributed by atoms with E-state index < -0.39 is 18.0 Å². The maximum absolute atomic E-state index is 13.4. The van der Waals surface area contributed by atoms with Crippen LogP contribution in [0, 0.1) is 25.7 Å². The Morgan fingerprint density at radius 3 is 1.41 bits per heavy atom. The van der Waals surface area contributed by atoms with Gasteiger partial charge in [0.2, 0.25) is 0 Å². The van der Waals surface area contributed by atoms with Gasteiger partial charge in [0.1, 0.15) is 30.8 Å². The standard InChI is InChI=1S/2C34H32O4/c2*1-23-10-15-26(16-11-23)29-20-28(31(35)19-14-24-12-17-27(18-13-24)33(36)37)21-30(34(2,3)4)32(29)38-22-25-8-6-5-7-9-25/h5-13,15-18,20-21,31,35H,22H2,1-4H3,(H,36,37);5-21H,22H2,1-4H3,(H,36,37)/b;19-14+. The van der Waals surface area contributed by atoms with Crippen LogP contribution in [-0.4, -0.2) is 33.0 Å². The third-order valence-corrected chi connectivity index (χ3v) is 12.7. The minimum absolute atomic E-state index is 0.138. The molecule has 0 aliphatic heterocycles. The second-order valence-electron chi connectivity index (χ2n) is 20.8. The molecule has 0 aliphatic carbocycles. The van der Waals surface area contributed by atoms with Crippen molar-refractivity contribution in [2.45, 2.75) is 85.5 Å². The quantitative estimate of drug-likeness (QED) is 0.0558. The molecule has 3 N–H and O–H groups in total. The van der Waals surface area contributed by atoms with Gasteiger partial charge in [-0.05, 0) is 125 Å². The van der Waals surface area contributed by atoms with Crippen molar-refractivity contribution in [1.29, 1.82) is 0 Å². The molecular weight excluding hydrogens is 945 g/mol. The number of carboxylic acid groups (broad SMARTS) is 2. The van der Waals surface area contributed by atoms with Crippen LogP contribution in [0.5, 0.6) is 11.5 Å². The lowest BCUT2D eigenvalue weighted by Gasteiger charge is -2.27. The van der Waals surface area contributed by atoms with Gasteiger partial charge in [-0.15, -0.1) is 0 Å². The fraction of sp³-hybridized carbons (Fsp3) is 0.191. The summed E-state index contributed by atoms with van der Waals surface area (Å²) in [5.41, 5.74) is 12.6. The Bertz CT molecular complexity index is 3390. The molecule has 0 aliphatic rings. The summed E-state index contributed by atoms with van der Waals surface area (Å²) in [6.07, 6.45) is 2.19. The Labute approximate surface area is 447 Å². The van der Waals surface area contributed by atoms with Crippen LogP contribution in [0.25, 0.3) is 28.3 Å². The number of hydrogen-bond acceptors (Lipinski definition) is 6. The van der Waals surface area contributed by atoms with E-state index in [-0.39, 0.29) is 27.7 Å². The molecule has 0 heterocycles. The summed E-state index contributed by atoms with van der Waals surface area (Å²) in [6.45, 7) is 17.7. The minimum Gasteiger partial charge on any atom is -0.488 e. The van der Waals surface area contributed by atoms with E-state index in [0.717, 1.165) is 72.7 Å². The molecule has 0 aromatic heterocycles. The highest BCUT2D eigenvalue weighted by atomic mass is 16.5. The molecule has 0 amide bonds. The first kappa shape index (κ1) is 55.0. The van der Waals surface area contributed by atoms with Crippen LogP contribution in [0.2, 0.25) is 0 Å². The van der Waals surface area contributed by atoms with Crippen molar-refractivity contribution in [3.8, 4) is 45.6 Å². The predicted molar refractivity (Wildman–Crippen MR) is 304 cm³/mol. The van der Waals surface area contributed by atoms with Crippen molar-refractivity contribution in [3.05, 3.63) is 255 Å². The van der Waals surface area contributed by atoms with Crippen molar-refractivity contribution >= 4 is 23.8 Å². The number of carboxylic acids is 2. The monoisotopic (exact) mass is 1010 g/mol. The summed E-state index contributed by atoms with van der Waals surface area (Å²) in [4.78, 5) is 35.6. The normalized spacial score (nSPS) is 11.6. The topological polar surface area (TPSA) is 130 Å². The fourth-order valence-electron chi connectivity index (χ4n) is 8.30. The van der Waals surface area contributed by atoms with Gasteiger partial charge in [0.25, 0.3) is 0 Å². The smallest absolute Gasteiger partial charge is 0.335 e. The van der Waals surface area contributed by atoms with Crippen LogP contribution in [0.4, 0.5) is 0 Å². The van der Waals surface area contributed by atoms with Gasteiger partial charge in [0.15, 0.2) is 5.78 Å². The van der Waals surface area contributed by atoms with Gasteiger partial charge in [0, 0.05) is 33.4 Å². The Morgan fingerprint density at radius 2 is 0.961 bits per heavy atom. The Kier molecular flexibility index (Phi) is 17.7. The number of allylic oxidation sites excluding steroid dienone is 1. The van der Waals surface area contributed by atoms with E-state index in [1.54, 1.807) is 30.3 Å². The lowest BCUT2D eigenvalue weighted by atomic mass is 9.82. The third-order valence-electron chi connectivity index (χ3n) is 12.7. The van der Waals surface area contributed by atoms with Crippen molar-refractivity contribution in [1.82, 2.24) is 0 Å². The number of aryl methyl sites for hydroxylation is 2. The van der Waals surface area contributed by atoms with E-state index >= 15 is 0 Å². The van der Waals surface area contributed by atoms with E-state index in [0.29, 0.717) is 29.9 Å². The molecule has 1 atom stereocenters. The van der Waals surface area contributed by atoms with Gasteiger partial charge in [-0.3, -0.25) is 4.79 Å². The summed E-state index contributed by atoms with van der Waals surface area (Å²) < 4.78 is 13.0. The molecule has 0 spiro atoms. The van der Waals surface area contributed by atoms with Crippen LogP contribution in [0.1, 0.15) is 129 Å². The molecule has 384 valence electrons. The number of aliphatic hydroxyl groups excluding tert-OH is 1. The average Bonchev–Trinajstić information content (AvgIpc) is 3.43. The van der Waals surface area contributed by atoms with Gasteiger partial charge >= 0.3 is 11.9 Å². The van der Waals surface area contributed by atoms with E-state index in [1.165, 1.54) is 30.3 Å². The van der Waals surface area contributed by atoms with Crippen molar-refractivity contribution in [2.24, 2.45) is 0 Å². The summed E-state index contributed by atoms with van der Waals surface area (Å²) >= 11 is 0. The van der Waals surface area contributed by atoms with Crippen molar-refractivity contribution < 1.29 is 39.2 Å². The molecule has 0 saturated heterocycles. The third kappa shape index (κ3) is 14.7. The van der Waals surface area contributed by atoms with Crippen LogP contribution in [0.15, 0.2) is 188 Å². The maximum atomic E-state index is 13.4. The average molecular weight is 1010 g/mol. The van der Waals surface area contributed by atoms with E-state index in [2.05, 4.69) is 109 Å². The summed E-state index contributed by atoms with van der Waals surface area (Å²) in [6, 6.07) is 57.1. The summed E-state index contributed by atoms with van der Waals surface area (Å²) in [5.74, 6) is 5.35. The Balaban J connectivity index is 0.000000221. The van der Waals surface area contributed by atoms with Gasteiger partial charge in [-0.1, -0.05) is 192 Å². The second kappa shape index (κ2) is 24.5. The van der Waals surface area contributed by atoms with Gasteiger partial charge in [-0.2, -0.15) is 0 Å². The fourth-order valence-corrected chi connectivity index (χ4v) is 8.30. The van der Waals surface area contributed by atoms with Crippen molar-refractivity contribution in [3.63, 3.8) is 0 Å². The molecule has 8 heteroatoms. The SMILES string of the molecule is Cc1ccc(-c2cc(C(=O)/C=C/c3ccc(C(=O)O)cc3)cc(C(C)(C)C)c2OCc2ccccc2)cc1.Cc1ccc(-c2cc(C(O)C#Cc3ccc(C(=O)O)cc3)cc(C(C)(C)C)c2OCc2ccccc2)cc1. The Hall–Kier alpha value is -8.77. The first-order chi connectivity index (χ1) is 36.2. The molecule has 76 heavy (non-hydrogen) atoms. The van der Waals surface area contributed by atoms with E-state index in [9.17, 15) is 19.5 Å². The highest BCUT2D eigenvalue weighted by Gasteiger charge is 2.27. The molecule has 8 nitrogen and oxygen atoms in total. The molecular formula is C68H64O8. The zero-order chi connectivity index (χ0) is 54.6. The second-order valence-corrected chi connectivity index (χ2v) is 20.8. The van der Waals surface area contributed by atoms with Gasteiger partial charge in [0.05, 0.1) is 11.1 Å². The molecule has 0 radical (unpaired) electrons. The number of carbonyl (C=O) groups excluding carboxylic acids is 1. The Morgan fingerprint density at radius 1 is 0.526 bits per heavy atom. The number of aromatic carboxylic acids is 2. The highest BCUT2D eigenvalue weighted by molar-refractivity contribution is 6.08. The predicted octanol–water partition coefficient (Wildman–Crippen LogP) is 15.5. The number of aliphatic hydroxyl groups is 1. The largest absolute Gasteiger partial charge is 0.488 e. The van der Waals surface area contributed by atoms with Gasteiger partial charge in [-0.25, -0.2) is 9.59 Å². The maximum Gasteiger partial charge on any atom is 0.335 e. The number of carbonyl (C=O) groups is 3. The minimum atomic E-state index is -1.04. The molecule has 8 aromatic carbocycles. The van der Waals surface area contributed by atoms with Crippen LogP contribution in [0.3, 0.4) is 0 Å². The number of ketones is 1. The van der Waals surface area contributed by atoms with E-state index in [4.69, 9.17) is 19.7 Å².